The Kier molecular flexibility index (Phi) is 4.26. The number of carboxylic acids is 1. The number of nitrogens with two attached hydrogens (primary N) is 1. The average Bonchev–Trinajstić information content (AvgIpc) is 2.22. The van der Waals surface area contributed by atoms with Gasteiger partial charge >= 0.3 is 5.97 Å². The first-order valence-electron chi connectivity index (χ1n) is 4.07. The first kappa shape index (κ1) is 12.9. The van der Waals surface area contributed by atoms with Crippen LogP contribution in [0.15, 0.2) is 21.6 Å². The van der Waals surface area contributed by atoms with Crippen LogP contribution in [0.1, 0.15) is 10.4 Å². The van der Waals surface area contributed by atoms with Gasteiger partial charge in [-0.05, 0) is 28.1 Å². The SMILES string of the molecule is NC(CCl)=Nc1cc(Br)c(C(=O)O)cc1F. The maximum Gasteiger partial charge on any atom is 0.336 e. The average molecular weight is 310 g/mol. The molecule has 0 saturated carbocycles. The summed E-state index contributed by atoms with van der Waals surface area (Å²) >= 11 is 8.39. The molecule has 0 atom stereocenters. The molecule has 0 aliphatic rings. The molecule has 0 saturated heterocycles. The number of benzene rings is 1. The first-order chi connectivity index (χ1) is 7.45. The molecule has 0 unspecified atom stereocenters. The maximum atomic E-state index is 13.4. The van der Waals surface area contributed by atoms with Gasteiger partial charge in [-0.15, -0.1) is 11.6 Å². The third-order valence-electron chi connectivity index (χ3n) is 1.67. The van der Waals surface area contributed by atoms with Crippen LogP contribution >= 0.6 is 27.5 Å². The van der Waals surface area contributed by atoms with Gasteiger partial charge in [0.2, 0.25) is 0 Å². The highest BCUT2D eigenvalue weighted by molar-refractivity contribution is 9.10. The molecule has 86 valence electrons. The van der Waals surface area contributed by atoms with Gasteiger partial charge in [0.15, 0.2) is 0 Å². The number of hydrogen-bond acceptors (Lipinski definition) is 2. The molecule has 1 aromatic rings. The molecule has 1 aromatic carbocycles. The smallest absolute Gasteiger partial charge is 0.336 e. The number of hydrogen-bond donors (Lipinski definition) is 2. The van der Waals surface area contributed by atoms with Crippen molar-refractivity contribution in [3.8, 4) is 0 Å². The van der Waals surface area contributed by atoms with Crippen molar-refractivity contribution >= 4 is 45.0 Å². The molecule has 1 rings (SSSR count). The Labute approximate surface area is 104 Å². The Balaban J connectivity index is 3.26. The van der Waals surface area contributed by atoms with Crippen molar-refractivity contribution in [3.05, 3.63) is 28.0 Å². The van der Waals surface area contributed by atoms with E-state index in [9.17, 15) is 9.18 Å². The lowest BCUT2D eigenvalue weighted by atomic mass is 10.2. The summed E-state index contributed by atoms with van der Waals surface area (Å²) in [5.74, 6) is -1.98. The minimum Gasteiger partial charge on any atom is -0.478 e. The summed E-state index contributed by atoms with van der Waals surface area (Å²) in [4.78, 5) is 14.4. The fourth-order valence-electron chi connectivity index (χ4n) is 0.971. The monoisotopic (exact) mass is 308 g/mol. The summed E-state index contributed by atoms with van der Waals surface area (Å²) in [5.41, 5.74) is 5.10. The lowest BCUT2D eigenvalue weighted by molar-refractivity contribution is 0.0695. The van der Waals surface area contributed by atoms with Crippen LogP contribution in [0.2, 0.25) is 0 Å². The lowest BCUT2D eigenvalue weighted by Gasteiger charge is -2.03. The minimum atomic E-state index is -1.23. The molecule has 16 heavy (non-hydrogen) atoms. The van der Waals surface area contributed by atoms with Crippen LogP contribution in [0.3, 0.4) is 0 Å². The number of aromatic carboxylic acids is 1. The van der Waals surface area contributed by atoms with Gasteiger partial charge in [-0.1, -0.05) is 0 Å². The van der Waals surface area contributed by atoms with Gasteiger partial charge in [-0.25, -0.2) is 14.2 Å². The normalized spacial score (nSPS) is 11.6. The van der Waals surface area contributed by atoms with E-state index in [-0.39, 0.29) is 27.4 Å². The Morgan fingerprint density at radius 2 is 2.25 bits per heavy atom. The van der Waals surface area contributed by atoms with Crippen molar-refractivity contribution < 1.29 is 14.3 Å². The molecule has 0 fully saturated rings. The number of rotatable bonds is 3. The van der Waals surface area contributed by atoms with Gasteiger partial charge in [-0.2, -0.15) is 0 Å². The Morgan fingerprint density at radius 3 is 2.75 bits per heavy atom. The predicted octanol–water partition coefficient (Wildman–Crippen LogP) is 2.51. The fourth-order valence-corrected chi connectivity index (χ4v) is 1.53. The molecule has 0 aliphatic carbocycles. The highest BCUT2D eigenvalue weighted by Gasteiger charge is 2.13. The Morgan fingerprint density at radius 1 is 1.62 bits per heavy atom. The molecule has 3 N–H and O–H groups in total. The molecule has 0 aromatic heterocycles. The van der Waals surface area contributed by atoms with Crippen LogP contribution < -0.4 is 5.73 Å². The van der Waals surface area contributed by atoms with Crippen molar-refractivity contribution in [1.82, 2.24) is 0 Å². The Hall–Kier alpha value is -1.14. The van der Waals surface area contributed by atoms with Crippen molar-refractivity contribution in [2.45, 2.75) is 0 Å². The van der Waals surface area contributed by atoms with E-state index < -0.39 is 11.8 Å². The molecular weight excluding hydrogens is 302 g/mol. The van der Waals surface area contributed by atoms with Gasteiger partial charge < -0.3 is 10.8 Å². The highest BCUT2D eigenvalue weighted by Crippen LogP contribution is 2.27. The number of halogens is 3. The van der Waals surface area contributed by atoms with E-state index in [0.717, 1.165) is 6.07 Å². The molecule has 0 bridgehead atoms. The van der Waals surface area contributed by atoms with Gasteiger partial charge in [0.1, 0.15) is 17.3 Å². The van der Waals surface area contributed by atoms with Gasteiger partial charge in [0.25, 0.3) is 0 Å². The lowest BCUT2D eigenvalue weighted by Crippen LogP contribution is -2.12. The Bertz CT molecular complexity index is 465. The van der Waals surface area contributed by atoms with E-state index in [1.807, 2.05) is 0 Å². The summed E-state index contributed by atoms with van der Waals surface area (Å²) in [5, 5.41) is 8.73. The zero-order valence-electron chi connectivity index (χ0n) is 7.88. The second kappa shape index (κ2) is 5.27. The summed E-state index contributed by atoms with van der Waals surface area (Å²) in [6, 6.07) is 2.10. The van der Waals surface area contributed by atoms with Gasteiger partial charge in [0.05, 0.1) is 11.4 Å². The topological polar surface area (TPSA) is 75.7 Å². The summed E-state index contributed by atoms with van der Waals surface area (Å²) in [6.07, 6.45) is 0. The number of aliphatic imine (C=N–C) groups is 1. The molecule has 0 heterocycles. The highest BCUT2D eigenvalue weighted by atomic mass is 79.9. The molecule has 0 amide bonds. The molecule has 0 aliphatic heterocycles. The summed E-state index contributed by atoms with van der Waals surface area (Å²) in [7, 11) is 0. The van der Waals surface area contributed by atoms with Crippen LogP contribution in [0.4, 0.5) is 10.1 Å². The largest absolute Gasteiger partial charge is 0.478 e. The summed E-state index contributed by atoms with van der Waals surface area (Å²) < 4.78 is 13.6. The predicted molar refractivity (Wildman–Crippen MR) is 63.1 cm³/mol. The molecule has 0 spiro atoms. The quantitative estimate of drug-likeness (QED) is 0.512. The maximum absolute atomic E-state index is 13.4. The molecule has 7 heteroatoms. The van der Waals surface area contributed by atoms with E-state index in [0.29, 0.717) is 0 Å². The van der Waals surface area contributed by atoms with E-state index in [4.69, 9.17) is 22.4 Å². The second-order valence-corrected chi connectivity index (χ2v) is 3.95. The number of carboxylic acid groups (broad SMARTS) is 1. The zero-order valence-corrected chi connectivity index (χ0v) is 10.2. The van der Waals surface area contributed by atoms with Crippen molar-refractivity contribution in [2.75, 3.05) is 5.88 Å². The fraction of sp³-hybridized carbons (Fsp3) is 0.111. The van der Waals surface area contributed by atoms with E-state index in [2.05, 4.69) is 20.9 Å². The minimum absolute atomic E-state index is 0.0300. The number of amidine groups is 1. The second-order valence-electron chi connectivity index (χ2n) is 2.83. The third kappa shape index (κ3) is 2.93. The molecular formula is C9H7BrClFN2O2. The van der Waals surface area contributed by atoms with Crippen LogP contribution in [-0.4, -0.2) is 22.8 Å². The molecule has 0 radical (unpaired) electrons. The van der Waals surface area contributed by atoms with Gasteiger partial charge in [0, 0.05) is 4.47 Å². The third-order valence-corrected chi connectivity index (χ3v) is 2.60. The number of carbonyl (C=O) groups is 1. The number of nitrogens with zero attached hydrogens (tertiary/aromatic N) is 1. The van der Waals surface area contributed by atoms with E-state index in [1.165, 1.54) is 6.07 Å². The van der Waals surface area contributed by atoms with Crippen LogP contribution in [-0.2, 0) is 0 Å². The zero-order chi connectivity index (χ0) is 12.3. The van der Waals surface area contributed by atoms with Crippen LogP contribution in [0.25, 0.3) is 0 Å². The van der Waals surface area contributed by atoms with Crippen LogP contribution in [0.5, 0.6) is 0 Å². The van der Waals surface area contributed by atoms with Crippen molar-refractivity contribution in [3.63, 3.8) is 0 Å². The summed E-state index contributed by atoms with van der Waals surface area (Å²) in [6.45, 7) is 0. The molecule has 4 nitrogen and oxygen atoms in total. The van der Waals surface area contributed by atoms with E-state index in [1.54, 1.807) is 0 Å². The van der Waals surface area contributed by atoms with Crippen molar-refractivity contribution in [1.29, 1.82) is 0 Å². The number of alkyl halides is 1. The van der Waals surface area contributed by atoms with E-state index >= 15 is 0 Å². The van der Waals surface area contributed by atoms with Crippen molar-refractivity contribution in [2.24, 2.45) is 10.7 Å². The van der Waals surface area contributed by atoms with Gasteiger partial charge in [-0.3, -0.25) is 0 Å². The first-order valence-corrected chi connectivity index (χ1v) is 5.39. The van der Waals surface area contributed by atoms with Crippen LogP contribution in [0, 0.1) is 5.82 Å². The standard InChI is InChI=1S/C9H7BrClFN2O2/c10-5-2-7(14-8(13)3-11)6(12)1-4(5)9(15)16/h1-2H,3H2,(H2,13,14)(H,15,16).